The first-order valence-corrected chi connectivity index (χ1v) is 13.2. The van der Waals surface area contributed by atoms with Crippen LogP contribution in [0.4, 0.5) is 4.79 Å². The molecule has 8 heteroatoms. The second-order valence-electron chi connectivity index (χ2n) is 10.5. The first kappa shape index (κ1) is 28.7. The van der Waals surface area contributed by atoms with Gasteiger partial charge < -0.3 is 23.8 Å². The van der Waals surface area contributed by atoms with Crippen molar-refractivity contribution < 1.29 is 28.5 Å². The Morgan fingerprint density at radius 1 is 1.19 bits per heavy atom. The molecule has 8 nitrogen and oxygen atoms in total. The summed E-state index contributed by atoms with van der Waals surface area (Å²) in [4.78, 5) is 28.7. The molecule has 3 rings (SSSR count). The molecule has 0 aromatic rings. The van der Waals surface area contributed by atoms with Gasteiger partial charge in [0.15, 0.2) is 0 Å². The minimum atomic E-state index is -0.594. The predicted octanol–water partition coefficient (Wildman–Crippen LogP) is 4.90. The Kier molecular flexibility index (Phi) is 10.6. The van der Waals surface area contributed by atoms with Crippen LogP contribution in [0.15, 0.2) is 59.6 Å². The van der Waals surface area contributed by atoms with Crippen molar-refractivity contribution in [3.05, 3.63) is 59.6 Å². The summed E-state index contributed by atoms with van der Waals surface area (Å²) in [5.41, 5.74) is 1.31. The highest BCUT2D eigenvalue weighted by molar-refractivity contribution is 5.85. The molecular weight excluding hydrogens is 472 g/mol. The maximum Gasteiger partial charge on any atom is 0.410 e. The Morgan fingerprint density at radius 3 is 2.73 bits per heavy atom. The Labute approximate surface area is 221 Å². The number of piperazine rings is 1. The Morgan fingerprint density at radius 2 is 2.00 bits per heavy atom. The van der Waals surface area contributed by atoms with Crippen LogP contribution in [0.3, 0.4) is 0 Å². The lowest BCUT2D eigenvalue weighted by molar-refractivity contribution is -0.136. The molecule has 37 heavy (non-hydrogen) atoms. The summed E-state index contributed by atoms with van der Waals surface area (Å²) in [5.74, 6) is 0.759. The van der Waals surface area contributed by atoms with E-state index in [0.29, 0.717) is 26.4 Å². The third kappa shape index (κ3) is 8.90. The summed E-state index contributed by atoms with van der Waals surface area (Å²) >= 11 is 0. The molecule has 0 N–H and O–H groups in total. The molecule has 0 aromatic carbocycles. The second kappa shape index (κ2) is 13.6. The molecule has 0 bridgehead atoms. The molecule has 2 aliphatic carbocycles. The van der Waals surface area contributed by atoms with Crippen molar-refractivity contribution in [3.8, 4) is 0 Å². The number of hydrogen-bond donors (Lipinski definition) is 0. The fourth-order valence-electron chi connectivity index (χ4n) is 4.46. The van der Waals surface area contributed by atoms with E-state index in [1.54, 1.807) is 12.0 Å². The van der Waals surface area contributed by atoms with Crippen LogP contribution in [0.25, 0.3) is 0 Å². The normalized spacial score (nSPS) is 22.6. The maximum atomic E-state index is 13.0. The lowest BCUT2D eigenvalue weighted by Gasteiger charge is -2.40. The predicted molar refractivity (Wildman–Crippen MR) is 143 cm³/mol. The molecule has 0 aromatic heterocycles. The molecule has 3 aliphatic rings. The molecule has 1 fully saturated rings. The summed E-state index contributed by atoms with van der Waals surface area (Å²) in [6.45, 7) is 9.57. The van der Waals surface area contributed by atoms with E-state index in [9.17, 15) is 9.59 Å². The summed E-state index contributed by atoms with van der Waals surface area (Å²) < 4.78 is 22.8. The van der Waals surface area contributed by atoms with Gasteiger partial charge in [-0.1, -0.05) is 30.4 Å². The largest absolute Gasteiger partial charge is 0.497 e. The van der Waals surface area contributed by atoms with Gasteiger partial charge in [-0.3, -0.25) is 9.69 Å². The van der Waals surface area contributed by atoms with E-state index in [2.05, 4.69) is 18.2 Å². The lowest BCUT2D eigenvalue weighted by Crippen LogP contribution is -2.56. The van der Waals surface area contributed by atoms with Crippen molar-refractivity contribution in [2.24, 2.45) is 0 Å². The van der Waals surface area contributed by atoms with Crippen LogP contribution in [0, 0.1) is 0 Å². The fourth-order valence-corrected chi connectivity index (χ4v) is 4.46. The summed E-state index contributed by atoms with van der Waals surface area (Å²) in [5, 5.41) is 0. The molecule has 2 atom stereocenters. The Balaban J connectivity index is 1.41. The van der Waals surface area contributed by atoms with Crippen molar-refractivity contribution in [3.63, 3.8) is 0 Å². The van der Waals surface area contributed by atoms with Gasteiger partial charge in [0.1, 0.15) is 17.9 Å². The monoisotopic (exact) mass is 514 g/mol. The van der Waals surface area contributed by atoms with Crippen molar-refractivity contribution in [2.75, 3.05) is 40.0 Å². The highest BCUT2D eigenvalue weighted by Gasteiger charge is 2.35. The second-order valence-corrected chi connectivity index (χ2v) is 10.5. The van der Waals surface area contributed by atoms with Crippen LogP contribution in [-0.2, 0) is 23.7 Å². The number of ether oxygens (including phenoxy) is 4. The van der Waals surface area contributed by atoms with Crippen LogP contribution in [-0.4, -0.2) is 79.6 Å². The number of hydrogen-bond acceptors (Lipinski definition) is 6. The van der Waals surface area contributed by atoms with E-state index in [-0.39, 0.29) is 24.6 Å². The van der Waals surface area contributed by atoms with Crippen LogP contribution < -0.4 is 0 Å². The zero-order valence-electron chi connectivity index (χ0n) is 22.9. The summed E-state index contributed by atoms with van der Waals surface area (Å²) in [6, 6.07) is -0.146. The van der Waals surface area contributed by atoms with Crippen LogP contribution >= 0.6 is 0 Å². The van der Waals surface area contributed by atoms with E-state index in [1.807, 2.05) is 52.0 Å². The van der Waals surface area contributed by atoms with Gasteiger partial charge in [0.2, 0.25) is 5.91 Å². The van der Waals surface area contributed by atoms with Gasteiger partial charge in [0.05, 0.1) is 25.9 Å². The average molecular weight is 515 g/mol. The van der Waals surface area contributed by atoms with E-state index < -0.39 is 11.7 Å². The molecule has 204 valence electrons. The van der Waals surface area contributed by atoms with E-state index in [4.69, 9.17) is 18.9 Å². The van der Waals surface area contributed by atoms with E-state index >= 15 is 0 Å². The lowest BCUT2D eigenvalue weighted by atomic mass is 10.1. The fraction of sp³-hybridized carbons (Fsp3) is 0.586. The summed E-state index contributed by atoms with van der Waals surface area (Å²) in [6.07, 6.45) is 17.1. The quantitative estimate of drug-likeness (QED) is 0.408. The number of methoxy groups -OCH3 is 1. The topological polar surface area (TPSA) is 77.5 Å². The van der Waals surface area contributed by atoms with Crippen molar-refractivity contribution >= 4 is 12.0 Å². The van der Waals surface area contributed by atoms with Gasteiger partial charge in [-0.15, -0.1) is 0 Å². The minimum Gasteiger partial charge on any atom is -0.497 e. The molecule has 1 aliphatic heterocycles. The highest BCUT2D eigenvalue weighted by atomic mass is 16.6. The summed E-state index contributed by atoms with van der Waals surface area (Å²) in [7, 11) is 1.68. The van der Waals surface area contributed by atoms with Crippen molar-refractivity contribution in [1.29, 1.82) is 0 Å². The standard InChI is InChI=1S/C29H42N2O6/c1-22-19-30(28(33)37-29(2,3)4)20-27(32)31(22)24-12-9-13-25(16-15-24)36-18-10-17-35-21-23-11-7-6-8-14-26(23)34-5/h6-7,11-12,14-16,22,25H,8-10,13,17-21H2,1-5H3/t22-,25?/m0/s1. The van der Waals surface area contributed by atoms with Crippen molar-refractivity contribution in [1.82, 2.24) is 9.80 Å². The Hall–Kier alpha value is -2.84. The Bertz CT molecular complexity index is 956. The zero-order chi connectivity index (χ0) is 26.8. The number of allylic oxidation sites excluding steroid dienone is 6. The zero-order valence-corrected chi connectivity index (χ0v) is 22.9. The van der Waals surface area contributed by atoms with Crippen LogP contribution in [0.1, 0.15) is 53.4 Å². The van der Waals surface area contributed by atoms with E-state index in [0.717, 1.165) is 42.7 Å². The first-order valence-electron chi connectivity index (χ1n) is 13.2. The van der Waals surface area contributed by atoms with Gasteiger partial charge in [-0.05, 0) is 65.5 Å². The SMILES string of the molecule is COC1=CCC=CC=C1COCCCOC1C=CC(N2C(=O)CN(C(=O)OC(C)(C)C)C[C@@H]2C)=CCC1. The molecule has 0 spiro atoms. The molecule has 2 amide bonds. The van der Waals surface area contributed by atoms with Gasteiger partial charge in [-0.2, -0.15) is 0 Å². The molecule has 1 saturated heterocycles. The number of amides is 2. The van der Waals surface area contributed by atoms with Crippen LogP contribution in [0.2, 0.25) is 0 Å². The molecular formula is C29H42N2O6. The molecule has 0 radical (unpaired) electrons. The number of carbonyl (C=O) groups is 2. The van der Waals surface area contributed by atoms with Gasteiger partial charge in [0, 0.05) is 31.0 Å². The van der Waals surface area contributed by atoms with Gasteiger partial charge in [-0.25, -0.2) is 4.79 Å². The third-order valence-electron chi connectivity index (χ3n) is 6.17. The highest BCUT2D eigenvalue weighted by Crippen LogP contribution is 2.24. The number of rotatable bonds is 9. The third-order valence-corrected chi connectivity index (χ3v) is 6.17. The van der Waals surface area contributed by atoms with Gasteiger partial charge >= 0.3 is 6.09 Å². The number of nitrogens with zero attached hydrogens (tertiary/aromatic N) is 2. The molecule has 1 heterocycles. The number of carbonyl (C=O) groups excluding carboxylic acids is 2. The first-order chi connectivity index (χ1) is 17.7. The van der Waals surface area contributed by atoms with E-state index in [1.165, 1.54) is 4.90 Å². The van der Waals surface area contributed by atoms with Crippen LogP contribution in [0.5, 0.6) is 0 Å². The van der Waals surface area contributed by atoms with Crippen molar-refractivity contribution in [2.45, 2.75) is 71.1 Å². The molecule has 1 unspecified atom stereocenters. The van der Waals surface area contributed by atoms with Gasteiger partial charge in [0.25, 0.3) is 0 Å². The minimum absolute atomic E-state index is 0.0131. The smallest absolute Gasteiger partial charge is 0.410 e. The average Bonchev–Trinajstić information content (AvgIpc) is 3.20. The maximum absolute atomic E-state index is 13.0. The molecule has 0 saturated carbocycles.